The maximum atomic E-state index is 5.95. The Labute approximate surface area is 167 Å². The van der Waals surface area contributed by atoms with Crippen LogP contribution in [0.5, 0.6) is 0 Å². The quantitative estimate of drug-likeness (QED) is 0.408. The molecule has 6 heteroatoms. The maximum absolute atomic E-state index is 5.95. The summed E-state index contributed by atoms with van der Waals surface area (Å²) in [5, 5.41) is 7.92. The normalized spacial score (nSPS) is 20.2. The van der Waals surface area contributed by atoms with Crippen LogP contribution < -0.4 is 10.6 Å². The van der Waals surface area contributed by atoms with Crippen LogP contribution in [0.3, 0.4) is 0 Å². The van der Waals surface area contributed by atoms with Gasteiger partial charge < -0.3 is 10.6 Å². The van der Waals surface area contributed by atoms with Crippen molar-refractivity contribution in [1.82, 2.24) is 15.5 Å². The van der Waals surface area contributed by atoms with E-state index in [1.807, 2.05) is 19.2 Å². The molecule has 24 heavy (non-hydrogen) atoms. The molecule has 4 nitrogen and oxygen atoms in total. The standard InChI is InChI=1S/C18H27ClN4.HI/c1-20-18(21-16-3-2-4-16)22-17-9-11-23(12-10-17)13-14-5-7-15(19)8-6-14;/h5-8,16-17H,2-4,9-13H2,1H3,(H2,20,21,22);1H. The zero-order chi connectivity index (χ0) is 16.1. The van der Waals surface area contributed by atoms with Crippen molar-refractivity contribution in [2.75, 3.05) is 20.1 Å². The summed E-state index contributed by atoms with van der Waals surface area (Å²) in [6.45, 7) is 3.26. The molecule has 0 unspecified atom stereocenters. The number of rotatable bonds is 4. The molecule has 1 aliphatic carbocycles. The van der Waals surface area contributed by atoms with Gasteiger partial charge in [0.25, 0.3) is 0 Å². The first kappa shape index (κ1) is 19.8. The molecule has 2 N–H and O–H groups in total. The average Bonchev–Trinajstić information content (AvgIpc) is 2.53. The molecule has 1 saturated heterocycles. The molecule has 1 saturated carbocycles. The first-order valence-corrected chi connectivity index (χ1v) is 9.07. The van der Waals surface area contributed by atoms with Gasteiger partial charge in [-0.1, -0.05) is 23.7 Å². The van der Waals surface area contributed by atoms with Crippen LogP contribution in [0, 0.1) is 0 Å². The molecule has 0 aromatic heterocycles. The molecule has 0 bridgehead atoms. The van der Waals surface area contributed by atoms with Crippen molar-refractivity contribution in [3.63, 3.8) is 0 Å². The molecule has 134 valence electrons. The summed E-state index contributed by atoms with van der Waals surface area (Å²) in [6, 6.07) is 9.35. The minimum Gasteiger partial charge on any atom is -0.354 e. The van der Waals surface area contributed by atoms with Gasteiger partial charge >= 0.3 is 0 Å². The zero-order valence-corrected chi connectivity index (χ0v) is 17.4. The Morgan fingerprint density at radius 1 is 1.08 bits per heavy atom. The lowest BCUT2D eigenvalue weighted by Gasteiger charge is -2.34. The number of halogens is 2. The number of nitrogens with zero attached hydrogens (tertiary/aromatic N) is 2. The zero-order valence-electron chi connectivity index (χ0n) is 14.3. The van der Waals surface area contributed by atoms with Crippen LogP contribution in [0.4, 0.5) is 0 Å². The second kappa shape index (κ2) is 9.82. The molecular weight excluding hydrogens is 435 g/mol. The third kappa shape index (κ3) is 5.77. The van der Waals surface area contributed by atoms with Crippen molar-refractivity contribution in [1.29, 1.82) is 0 Å². The topological polar surface area (TPSA) is 39.7 Å². The minimum absolute atomic E-state index is 0. The monoisotopic (exact) mass is 462 g/mol. The largest absolute Gasteiger partial charge is 0.354 e. The number of hydrogen-bond acceptors (Lipinski definition) is 2. The Bertz CT molecular complexity index is 522. The lowest BCUT2D eigenvalue weighted by atomic mass is 9.93. The Morgan fingerprint density at radius 2 is 1.67 bits per heavy atom. The molecule has 0 radical (unpaired) electrons. The summed E-state index contributed by atoms with van der Waals surface area (Å²) in [5.74, 6) is 0.978. The number of guanidine groups is 1. The van der Waals surface area contributed by atoms with E-state index in [0.29, 0.717) is 12.1 Å². The van der Waals surface area contributed by atoms with E-state index in [1.54, 1.807) is 0 Å². The average molecular weight is 463 g/mol. The van der Waals surface area contributed by atoms with E-state index in [1.165, 1.54) is 37.7 Å². The highest BCUT2D eigenvalue weighted by Crippen LogP contribution is 2.18. The second-order valence-corrected chi connectivity index (χ2v) is 7.10. The number of likely N-dealkylation sites (tertiary alicyclic amines) is 1. The maximum Gasteiger partial charge on any atom is 0.191 e. The summed E-state index contributed by atoms with van der Waals surface area (Å²) >= 11 is 5.95. The molecule has 2 aliphatic rings. The molecule has 0 spiro atoms. The van der Waals surface area contributed by atoms with Crippen molar-refractivity contribution in [3.8, 4) is 0 Å². The summed E-state index contributed by atoms with van der Waals surface area (Å²) in [5.41, 5.74) is 1.34. The second-order valence-electron chi connectivity index (χ2n) is 6.67. The smallest absolute Gasteiger partial charge is 0.191 e. The van der Waals surface area contributed by atoms with Gasteiger partial charge in [0.15, 0.2) is 5.96 Å². The van der Waals surface area contributed by atoms with E-state index in [0.717, 1.165) is 30.6 Å². The van der Waals surface area contributed by atoms with Crippen molar-refractivity contribution >= 4 is 41.5 Å². The fourth-order valence-electron chi connectivity index (χ4n) is 3.19. The van der Waals surface area contributed by atoms with Crippen LogP contribution >= 0.6 is 35.6 Å². The number of benzene rings is 1. The molecular formula is C18H28ClIN4. The van der Waals surface area contributed by atoms with E-state index < -0.39 is 0 Å². The van der Waals surface area contributed by atoms with Crippen molar-refractivity contribution in [2.24, 2.45) is 4.99 Å². The summed E-state index contributed by atoms with van der Waals surface area (Å²) in [7, 11) is 1.86. The van der Waals surface area contributed by atoms with Gasteiger partial charge in [0.1, 0.15) is 0 Å². The molecule has 0 atom stereocenters. The third-order valence-corrected chi connectivity index (χ3v) is 5.17. The van der Waals surface area contributed by atoms with E-state index >= 15 is 0 Å². The lowest BCUT2D eigenvalue weighted by Crippen LogP contribution is -2.52. The Morgan fingerprint density at radius 3 is 2.17 bits per heavy atom. The van der Waals surface area contributed by atoms with Crippen LogP contribution in [-0.2, 0) is 6.54 Å². The van der Waals surface area contributed by atoms with Crippen LogP contribution in [0.15, 0.2) is 29.3 Å². The Hall–Kier alpha value is -0.530. The van der Waals surface area contributed by atoms with Crippen molar-refractivity contribution in [2.45, 2.75) is 50.7 Å². The van der Waals surface area contributed by atoms with Crippen LogP contribution in [0.1, 0.15) is 37.7 Å². The van der Waals surface area contributed by atoms with Crippen LogP contribution in [0.25, 0.3) is 0 Å². The summed E-state index contributed by atoms with van der Waals surface area (Å²) in [4.78, 5) is 6.88. The van der Waals surface area contributed by atoms with E-state index in [-0.39, 0.29) is 24.0 Å². The number of nitrogens with one attached hydrogen (secondary N) is 2. The molecule has 1 aromatic carbocycles. The lowest BCUT2D eigenvalue weighted by molar-refractivity contribution is 0.198. The molecule has 2 fully saturated rings. The highest BCUT2D eigenvalue weighted by molar-refractivity contribution is 14.0. The predicted molar refractivity (Wildman–Crippen MR) is 112 cm³/mol. The molecule has 1 aliphatic heterocycles. The molecule has 1 aromatic rings. The molecule has 0 amide bonds. The van der Waals surface area contributed by atoms with Gasteiger partial charge in [0.2, 0.25) is 0 Å². The Kier molecular flexibility index (Phi) is 8.10. The third-order valence-electron chi connectivity index (χ3n) is 4.92. The highest BCUT2D eigenvalue weighted by Gasteiger charge is 2.22. The summed E-state index contributed by atoms with van der Waals surface area (Å²) < 4.78 is 0. The van der Waals surface area contributed by atoms with Gasteiger partial charge in [-0.25, -0.2) is 0 Å². The fraction of sp³-hybridized carbons (Fsp3) is 0.611. The minimum atomic E-state index is 0. The SMILES string of the molecule is CN=C(NC1CCC1)NC1CCN(Cc2ccc(Cl)cc2)CC1.I. The number of aliphatic imine (C=N–C) groups is 1. The van der Waals surface area contributed by atoms with Crippen molar-refractivity contribution < 1.29 is 0 Å². The van der Waals surface area contributed by atoms with Gasteiger partial charge in [0.05, 0.1) is 0 Å². The molecule has 3 rings (SSSR count). The van der Waals surface area contributed by atoms with Gasteiger partial charge in [0, 0.05) is 43.8 Å². The summed E-state index contributed by atoms with van der Waals surface area (Å²) in [6.07, 6.45) is 6.23. The van der Waals surface area contributed by atoms with Gasteiger partial charge in [-0.2, -0.15) is 0 Å². The fourth-order valence-corrected chi connectivity index (χ4v) is 3.32. The van der Waals surface area contributed by atoms with Gasteiger partial charge in [-0.15, -0.1) is 24.0 Å². The first-order valence-electron chi connectivity index (χ1n) is 8.69. The highest BCUT2D eigenvalue weighted by atomic mass is 127. The van der Waals surface area contributed by atoms with E-state index in [4.69, 9.17) is 11.6 Å². The van der Waals surface area contributed by atoms with Crippen LogP contribution in [0.2, 0.25) is 5.02 Å². The Balaban J connectivity index is 0.00000208. The van der Waals surface area contributed by atoms with Crippen molar-refractivity contribution in [3.05, 3.63) is 34.9 Å². The van der Waals surface area contributed by atoms with Gasteiger partial charge in [-0.05, 0) is 49.8 Å². The van der Waals surface area contributed by atoms with Gasteiger partial charge in [-0.3, -0.25) is 9.89 Å². The number of piperidine rings is 1. The van der Waals surface area contributed by atoms with Crippen LogP contribution in [-0.4, -0.2) is 43.1 Å². The molecule has 1 heterocycles. The predicted octanol–water partition coefficient (Wildman–Crippen LogP) is 3.64. The first-order chi connectivity index (χ1) is 11.2. The van der Waals surface area contributed by atoms with E-state index in [2.05, 4.69) is 32.7 Å². The van der Waals surface area contributed by atoms with E-state index in [9.17, 15) is 0 Å². The number of hydrogen-bond donors (Lipinski definition) is 2.